The SMILES string of the molecule is Clc1cc2c(cc1NCC1CCNCC1)OCO2. The van der Waals surface area contributed by atoms with Gasteiger partial charge in [0.15, 0.2) is 11.5 Å². The summed E-state index contributed by atoms with van der Waals surface area (Å²) in [5, 5.41) is 7.47. The minimum Gasteiger partial charge on any atom is -0.454 e. The Bertz CT molecular complexity index is 433. The minimum absolute atomic E-state index is 0.281. The molecule has 0 aromatic heterocycles. The summed E-state index contributed by atoms with van der Waals surface area (Å²) >= 11 is 6.22. The Balaban J connectivity index is 1.65. The average Bonchev–Trinajstić information content (AvgIpc) is 2.84. The topological polar surface area (TPSA) is 42.5 Å². The fraction of sp³-hybridized carbons (Fsp3) is 0.538. The lowest BCUT2D eigenvalue weighted by Crippen LogP contribution is -2.31. The van der Waals surface area contributed by atoms with Gasteiger partial charge in [-0.05, 0) is 31.8 Å². The summed E-state index contributed by atoms with van der Waals surface area (Å²) in [6.07, 6.45) is 2.43. The van der Waals surface area contributed by atoms with E-state index in [9.17, 15) is 0 Å². The molecule has 2 N–H and O–H groups in total. The predicted octanol–water partition coefficient (Wildman–Crippen LogP) is 2.48. The van der Waals surface area contributed by atoms with Crippen LogP contribution in [0.15, 0.2) is 12.1 Å². The highest BCUT2D eigenvalue weighted by Crippen LogP contribution is 2.39. The van der Waals surface area contributed by atoms with Gasteiger partial charge < -0.3 is 20.1 Å². The van der Waals surface area contributed by atoms with Gasteiger partial charge in [-0.1, -0.05) is 11.6 Å². The predicted molar refractivity (Wildman–Crippen MR) is 71.7 cm³/mol. The summed E-state index contributed by atoms with van der Waals surface area (Å²) in [5.41, 5.74) is 0.930. The molecule has 2 aliphatic heterocycles. The number of piperidine rings is 1. The first-order valence-corrected chi connectivity index (χ1v) is 6.74. The van der Waals surface area contributed by atoms with E-state index in [1.165, 1.54) is 12.8 Å². The molecule has 0 amide bonds. The molecular weight excluding hydrogens is 252 g/mol. The highest BCUT2D eigenvalue weighted by molar-refractivity contribution is 6.33. The molecule has 5 heteroatoms. The first kappa shape index (κ1) is 11.9. The van der Waals surface area contributed by atoms with Gasteiger partial charge in [0.05, 0.1) is 10.7 Å². The summed E-state index contributed by atoms with van der Waals surface area (Å²) in [6, 6.07) is 3.74. The van der Waals surface area contributed by atoms with Crippen LogP contribution in [0.3, 0.4) is 0 Å². The molecule has 3 rings (SSSR count). The Morgan fingerprint density at radius 3 is 2.72 bits per heavy atom. The van der Waals surface area contributed by atoms with Crippen molar-refractivity contribution in [2.45, 2.75) is 12.8 Å². The number of hydrogen-bond donors (Lipinski definition) is 2. The smallest absolute Gasteiger partial charge is 0.231 e. The van der Waals surface area contributed by atoms with Crippen LogP contribution in [0.25, 0.3) is 0 Å². The molecule has 4 nitrogen and oxygen atoms in total. The maximum atomic E-state index is 6.22. The van der Waals surface area contributed by atoms with Crippen LogP contribution in [0.1, 0.15) is 12.8 Å². The Morgan fingerprint density at radius 2 is 1.94 bits per heavy atom. The molecule has 98 valence electrons. The summed E-state index contributed by atoms with van der Waals surface area (Å²) < 4.78 is 10.6. The van der Waals surface area contributed by atoms with Crippen molar-refractivity contribution in [3.8, 4) is 11.5 Å². The first-order valence-electron chi connectivity index (χ1n) is 6.36. The van der Waals surface area contributed by atoms with E-state index < -0.39 is 0 Å². The molecule has 0 aliphatic carbocycles. The van der Waals surface area contributed by atoms with Crippen molar-refractivity contribution < 1.29 is 9.47 Å². The maximum Gasteiger partial charge on any atom is 0.231 e. The number of ether oxygens (including phenoxy) is 2. The molecule has 0 saturated carbocycles. The molecular formula is C13H17ClN2O2. The van der Waals surface area contributed by atoms with Crippen molar-refractivity contribution >= 4 is 17.3 Å². The van der Waals surface area contributed by atoms with Crippen molar-refractivity contribution in [3.63, 3.8) is 0 Å². The first-order chi connectivity index (χ1) is 8.83. The molecule has 18 heavy (non-hydrogen) atoms. The number of halogens is 1. The summed E-state index contributed by atoms with van der Waals surface area (Å²) in [6.45, 7) is 3.47. The van der Waals surface area contributed by atoms with Crippen LogP contribution in [-0.4, -0.2) is 26.4 Å². The average molecular weight is 269 g/mol. The van der Waals surface area contributed by atoms with Gasteiger partial charge in [-0.2, -0.15) is 0 Å². The largest absolute Gasteiger partial charge is 0.454 e. The van der Waals surface area contributed by atoms with E-state index >= 15 is 0 Å². The van der Waals surface area contributed by atoms with Gasteiger partial charge in [0, 0.05) is 18.7 Å². The third-order valence-corrected chi connectivity index (χ3v) is 3.81. The number of benzene rings is 1. The third-order valence-electron chi connectivity index (χ3n) is 3.50. The summed E-state index contributed by atoms with van der Waals surface area (Å²) in [7, 11) is 0. The van der Waals surface area contributed by atoms with Crippen molar-refractivity contribution in [3.05, 3.63) is 17.2 Å². The lowest BCUT2D eigenvalue weighted by Gasteiger charge is -2.23. The summed E-state index contributed by atoms with van der Waals surface area (Å²) in [4.78, 5) is 0. The van der Waals surface area contributed by atoms with Crippen molar-refractivity contribution in [2.24, 2.45) is 5.92 Å². The van der Waals surface area contributed by atoms with Crippen molar-refractivity contribution in [1.82, 2.24) is 5.32 Å². The Hall–Kier alpha value is -1.13. The highest BCUT2D eigenvalue weighted by Gasteiger charge is 2.18. The molecule has 0 radical (unpaired) electrons. The molecule has 2 aliphatic rings. The molecule has 0 atom stereocenters. The zero-order chi connectivity index (χ0) is 12.4. The summed E-state index contributed by atoms with van der Waals surface area (Å²) in [5.74, 6) is 2.22. The van der Waals surface area contributed by atoms with E-state index in [0.29, 0.717) is 10.9 Å². The molecule has 2 heterocycles. The number of nitrogens with one attached hydrogen (secondary N) is 2. The van der Waals surface area contributed by atoms with E-state index in [1.807, 2.05) is 12.1 Å². The zero-order valence-corrected chi connectivity index (χ0v) is 10.9. The molecule has 1 fully saturated rings. The van der Waals surface area contributed by atoms with Gasteiger partial charge in [0.2, 0.25) is 6.79 Å². The Kier molecular flexibility index (Phi) is 3.48. The van der Waals surface area contributed by atoms with Gasteiger partial charge >= 0.3 is 0 Å². The Morgan fingerprint density at radius 1 is 1.22 bits per heavy atom. The van der Waals surface area contributed by atoms with Gasteiger partial charge in [-0.3, -0.25) is 0 Å². The normalized spacial score (nSPS) is 18.9. The van der Waals surface area contributed by atoms with Crippen LogP contribution in [0.2, 0.25) is 5.02 Å². The second kappa shape index (κ2) is 5.24. The number of anilines is 1. The van der Waals surface area contributed by atoms with E-state index in [0.717, 1.165) is 36.8 Å². The fourth-order valence-corrected chi connectivity index (χ4v) is 2.61. The molecule has 1 aromatic carbocycles. The second-order valence-electron chi connectivity index (χ2n) is 4.76. The van der Waals surface area contributed by atoms with Crippen LogP contribution in [0, 0.1) is 5.92 Å². The van der Waals surface area contributed by atoms with Crippen LogP contribution in [0.4, 0.5) is 5.69 Å². The third kappa shape index (κ3) is 2.49. The van der Waals surface area contributed by atoms with E-state index in [4.69, 9.17) is 21.1 Å². The quantitative estimate of drug-likeness (QED) is 0.884. The van der Waals surface area contributed by atoms with Crippen LogP contribution in [0.5, 0.6) is 11.5 Å². The number of fused-ring (bicyclic) bond motifs is 1. The van der Waals surface area contributed by atoms with E-state index in [-0.39, 0.29) is 6.79 Å². The number of hydrogen-bond acceptors (Lipinski definition) is 4. The highest BCUT2D eigenvalue weighted by atomic mass is 35.5. The molecule has 0 spiro atoms. The minimum atomic E-state index is 0.281. The second-order valence-corrected chi connectivity index (χ2v) is 5.17. The van der Waals surface area contributed by atoms with E-state index in [1.54, 1.807) is 0 Å². The Labute approximate surface area is 112 Å². The van der Waals surface area contributed by atoms with Crippen LogP contribution < -0.4 is 20.1 Å². The van der Waals surface area contributed by atoms with Crippen LogP contribution >= 0.6 is 11.6 Å². The zero-order valence-electron chi connectivity index (χ0n) is 10.2. The molecule has 1 aromatic rings. The van der Waals surface area contributed by atoms with Gasteiger partial charge in [0.25, 0.3) is 0 Å². The molecule has 0 unspecified atom stereocenters. The number of rotatable bonds is 3. The van der Waals surface area contributed by atoms with Crippen molar-refractivity contribution in [1.29, 1.82) is 0 Å². The van der Waals surface area contributed by atoms with Crippen molar-refractivity contribution in [2.75, 3.05) is 31.7 Å². The maximum absolute atomic E-state index is 6.22. The monoisotopic (exact) mass is 268 g/mol. The lowest BCUT2D eigenvalue weighted by atomic mass is 9.98. The van der Waals surface area contributed by atoms with E-state index in [2.05, 4.69) is 10.6 Å². The molecule has 1 saturated heterocycles. The van der Waals surface area contributed by atoms with Gasteiger partial charge in [-0.15, -0.1) is 0 Å². The van der Waals surface area contributed by atoms with Gasteiger partial charge in [-0.25, -0.2) is 0 Å². The molecule has 0 bridgehead atoms. The van der Waals surface area contributed by atoms with Crippen LogP contribution in [-0.2, 0) is 0 Å². The fourth-order valence-electron chi connectivity index (χ4n) is 2.39. The van der Waals surface area contributed by atoms with Gasteiger partial charge in [0.1, 0.15) is 0 Å². The lowest BCUT2D eigenvalue weighted by molar-refractivity contribution is 0.174. The standard InChI is InChI=1S/C13H17ClN2O2/c14-10-5-12-13(18-8-17-12)6-11(10)16-7-9-1-3-15-4-2-9/h5-6,9,15-16H,1-4,7-8H2.